The van der Waals surface area contributed by atoms with Crippen LogP contribution in [0.3, 0.4) is 0 Å². The van der Waals surface area contributed by atoms with Gasteiger partial charge in [-0.25, -0.2) is 0 Å². The fourth-order valence-electron chi connectivity index (χ4n) is 3.24. The van der Waals surface area contributed by atoms with Crippen LogP contribution in [0, 0.1) is 13.8 Å². The number of benzene rings is 1. The molecule has 1 aromatic heterocycles. The topological polar surface area (TPSA) is 59.8 Å². The molecule has 1 aromatic carbocycles. The maximum atomic E-state index is 12.2. The van der Waals surface area contributed by atoms with E-state index in [1.54, 1.807) is 0 Å². The monoisotopic (exact) mass is 344 g/mol. The Morgan fingerprint density at radius 3 is 2.71 bits per heavy atom. The number of rotatable bonds is 5. The Bertz CT molecular complexity index is 707. The number of nitrogens with one attached hydrogen (secondary N) is 1. The van der Waals surface area contributed by atoms with Gasteiger partial charge in [0.25, 0.3) is 0 Å². The molecule has 24 heavy (non-hydrogen) atoms. The number of carbonyl (C=O) groups excluding carboxylic acids is 1. The lowest BCUT2D eigenvalue weighted by atomic mass is 9.95. The first kappa shape index (κ1) is 17.0. The summed E-state index contributed by atoms with van der Waals surface area (Å²) in [5, 5.41) is 12.3. The Labute approximate surface area is 147 Å². The Kier molecular flexibility index (Phi) is 5.56. The standard InChI is InChI=1S/C18H24N4OS/c1-13-8-6-7-11-16(13)19-17(23)12-24-18-21-20-14(2)22(18)15-9-4-3-5-10-15/h6-8,11,15H,3-5,9-10,12H2,1-2H3,(H,19,23). The predicted octanol–water partition coefficient (Wildman–Crippen LogP) is 4.13. The number of amides is 1. The van der Waals surface area contributed by atoms with Gasteiger partial charge in [-0.1, -0.05) is 49.2 Å². The number of nitrogens with zero attached hydrogens (tertiary/aromatic N) is 3. The molecular weight excluding hydrogens is 320 g/mol. The predicted molar refractivity (Wildman–Crippen MR) is 97.4 cm³/mol. The summed E-state index contributed by atoms with van der Waals surface area (Å²) in [5.74, 6) is 1.29. The van der Waals surface area contributed by atoms with Crippen molar-refractivity contribution in [1.29, 1.82) is 0 Å². The summed E-state index contributed by atoms with van der Waals surface area (Å²) in [4.78, 5) is 12.2. The third kappa shape index (κ3) is 3.98. The molecule has 0 radical (unpaired) electrons. The first-order valence-corrected chi connectivity index (χ1v) is 9.53. The summed E-state index contributed by atoms with van der Waals surface area (Å²) in [5.41, 5.74) is 1.94. The van der Waals surface area contributed by atoms with Gasteiger partial charge in [0.15, 0.2) is 5.16 Å². The molecule has 0 unspecified atom stereocenters. The van der Waals surface area contributed by atoms with E-state index in [2.05, 4.69) is 20.1 Å². The summed E-state index contributed by atoms with van der Waals surface area (Å²) in [6.07, 6.45) is 6.21. The van der Waals surface area contributed by atoms with Crippen molar-refractivity contribution in [3.8, 4) is 0 Å². The van der Waals surface area contributed by atoms with E-state index in [1.165, 1.54) is 43.9 Å². The molecule has 0 spiro atoms. The Balaban J connectivity index is 1.62. The van der Waals surface area contributed by atoms with Gasteiger partial charge >= 0.3 is 0 Å². The zero-order valence-electron chi connectivity index (χ0n) is 14.3. The molecule has 1 heterocycles. The fourth-order valence-corrected chi connectivity index (χ4v) is 4.09. The molecule has 1 aliphatic rings. The number of aromatic nitrogens is 3. The number of aryl methyl sites for hydroxylation is 2. The van der Waals surface area contributed by atoms with Gasteiger partial charge in [0.05, 0.1) is 5.75 Å². The third-order valence-corrected chi connectivity index (χ3v) is 5.47. The highest BCUT2D eigenvalue weighted by molar-refractivity contribution is 7.99. The molecule has 6 heteroatoms. The van der Waals surface area contributed by atoms with Crippen LogP contribution in [-0.2, 0) is 4.79 Å². The molecule has 1 fully saturated rings. The number of hydrogen-bond donors (Lipinski definition) is 1. The van der Waals surface area contributed by atoms with Crippen LogP contribution in [0.15, 0.2) is 29.4 Å². The molecule has 1 amide bonds. The van der Waals surface area contributed by atoms with Gasteiger partial charge in [0, 0.05) is 11.7 Å². The van der Waals surface area contributed by atoms with Crippen molar-refractivity contribution < 1.29 is 4.79 Å². The second-order valence-electron chi connectivity index (χ2n) is 6.34. The van der Waals surface area contributed by atoms with Gasteiger partial charge < -0.3 is 9.88 Å². The zero-order valence-corrected chi connectivity index (χ0v) is 15.1. The number of carbonyl (C=O) groups is 1. The molecule has 128 valence electrons. The van der Waals surface area contributed by atoms with E-state index in [0.717, 1.165) is 22.2 Å². The lowest BCUT2D eigenvalue weighted by Gasteiger charge is -2.24. The second kappa shape index (κ2) is 7.83. The average Bonchev–Trinajstić information content (AvgIpc) is 2.96. The first-order chi connectivity index (χ1) is 11.6. The number of thioether (sulfide) groups is 1. The van der Waals surface area contributed by atoms with Gasteiger partial charge in [0.2, 0.25) is 5.91 Å². The lowest BCUT2D eigenvalue weighted by Crippen LogP contribution is -2.17. The normalized spacial score (nSPS) is 15.4. The van der Waals surface area contributed by atoms with Gasteiger partial charge in [-0.05, 0) is 38.3 Å². The van der Waals surface area contributed by atoms with E-state index in [1.807, 2.05) is 38.1 Å². The highest BCUT2D eigenvalue weighted by atomic mass is 32.2. The van der Waals surface area contributed by atoms with Gasteiger partial charge in [-0.2, -0.15) is 0 Å². The first-order valence-electron chi connectivity index (χ1n) is 8.55. The number of para-hydroxylation sites is 1. The molecule has 0 atom stereocenters. The van der Waals surface area contributed by atoms with Crippen LogP contribution >= 0.6 is 11.8 Å². The lowest BCUT2D eigenvalue weighted by molar-refractivity contribution is -0.113. The maximum Gasteiger partial charge on any atom is 0.234 e. The maximum absolute atomic E-state index is 12.2. The molecule has 3 rings (SSSR count). The van der Waals surface area contributed by atoms with Crippen LogP contribution in [0.4, 0.5) is 5.69 Å². The van der Waals surface area contributed by atoms with Crippen molar-refractivity contribution in [2.75, 3.05) is 11.1 Å². The summed E-state index contributed by atoms with van der Waals surface area (Å²) in [7, 11) is 0. The summed E-state index contributed by atoms with van der Waals surface area (Å²) in [6.45, 7) is 3.99. The Morgan fingerprint density at radius 1 is 1.21 bits per heavy atom. The smallest absolute Gasteiger partial charge is 0.234 e. The molecule has 1 aliphatic carbocycles. The van der Waals surface area contributed by atoms with Gasteiger partial charge in [-0.3, -0.25) is 4.79 Å². The summed E-state index contributed by atoms with van der Waals surface area (Å²) in [6, 6.07) is 8.29. The zero-order chi connectivity index (χ0) is 16.9. The van der Waals surface area contributed by atoms with E-state index in [0.29, 0.717) is 11.8 Å². The minimum Gasteiger partial charge on any atom is -0.325 e. The average molecular weight is 344 g/mol. The highest BCUT2D eigenvalue weighted by Crippen LogP contribution is 2.32. The number of anilines is 1. The van der Waals surface area contributed by atoms with E-state index < -0.39 is 0 Å². The van der Waals surface area contributed by atoms with E-state index in [9.17, 15) is 4.79 Å². The molecule has 1 saturated carbocycles. The van der Waals surface area contributed by atoms with E-state index >= 15 is 0 Å². The van der Waals surface area contributed by atoms with Crippen LogP contribution < -0.4 is 5.32 Å². The molecule has 0 bridgehead atoms. The fraction of sp³-hybridized carbons (Fsp3) is 0.500. The Hall–Kier alpha value is -1.82. The highest BCUT2D eigenvalue weighted by Gasteiger charge is 2.21. The van der Waals surface area contributed by atoms with Crippen LogP contribution in [0.5, 0.6) is 0 Å². The van der Waals surface area contributed by atoms with Crippen molar-refractivity contribution in [3.05, 3.63) is 35.7 Å². The molecule has 1 N–H and O–H groups in total. The molecular formula is C18H24N4OS. The molecule has 0 saturated heterocycles. The summed E-state index contributed by atoms with van der Waals surface area (Å²) >= 11 is 1.47. The van der Waals surface area contributed by atoms with Crippen molar-refractivity contribution in [1.82, 2.24) is 14.8 Å². The van der Waals surface area contributed by atoms with E-state index in [4.69, 9.17) is 0 Å². The quantitative estimate of drug-likeness (QED) is 0.829. The molecule has 5 nitrogen and oxygen atoms in total. The molecule has 2 aromatic rings. The second-order valence-corrected chi connectivity index (χ2v) is 7.29. The number of hydrogen-bond acceptors (Lipinski definition) is 4. The van der Waals surface area contributed by atoms with Crippen LogP contribution in [-0.4, -0.2) is 26.4 Å². The van der Waals surface area contributed by atoms with Crippen molar-refractivity contribution >= 4 is 23.4 Å². The van der Waals surface area contributed by atoms with E-state index in [-0.39, 0.29) is 5.91 Å². The third-order valence-electron chi connectivity index (χ3n) is 4.53. The largest absolute Gasteiger partial charge is 0.325 e. The van der Waals surface area contributed by atoms with Crippen molar-refractivity contribution in [2.45, 2.75) is 57.1 Å². The van der Waals surface area contributed by atoms with Crippen LogP contribution in [0.2, 0.25) is 0 Å². The minimum atomic E-state index is -0.00912. The van der Waals surface area contributed by atoms with Gasteiger partial charge in [-0.15, -0.1) is 10.2 Å². The summed E-state index contributed by atoms with van der Waals surface area (Å²) < 4.78 is 2.23. The SMILES string of the molecule is Cc1ccccc1NC(=O)CSc1nnc(C)n1C1CCCCC1. The van der Waals surface area contributed by atoms with Gasteiger partial charge in [0.1, 0.15) is 5.82 Å². The Morgan fingerprint density at radius 2 is 1.96 bits per heavy atom. The van der Waals surface area contributed by atoms with Crippen LogP contribution in [0.25, 0.3) is 0 Å². The van der Waals surface area contributed by atoms with Crippen LogP contribution in [0.1, 0.15) is 49.5 Å². The van der Waals surface area contributed by atoms with Crippen molar-refractivity contribution in [2.24, 2.45) is 0 Å². The van der Waals surface area contributed by atoms with Crippen molar-refractivity contribution in [3.63, 3.8) is 0 Å². The minimum absolute atomic E-state index is 0.00912. The molecule has 0 aliphatic heterocycles.